The average molecular weight is 422 g/mol. The van der Waals surface area contributed by atoms with Gasteiger partial charge in [-0.3, -0.25) is 9.69 Å². The Morgan fingerprint density at radius 3 is 2.40 bits per heavy atom. The SMILES string of the molecule is O=C1[C@H](N2CCC(c3ccc(O)cc3)C(F)(F)C2)CCN1Cc1ccc(F)c(F)c1. The van der Waals surface area contributed by atoms with Crippen LogP contribution in [0, 0.1) is 11.6 Å². The van der Waals surface area contributed by atoms with Gasteiger partial charge in [0, 0.05) is 13.1 Å². The summed E-state index contributed by atoms with van der Waals surface area (Å²) in [7, 11) is 0. The number of nitrogens with zero attached hydrogens (tertiary/aromatic N) is 2. The van der Waals surface area contributed by atoms with Gasteiger partial charge in [-0.15, -0.1) is 0 Å². The van der Waals surface area contributed by atoms with Crippen LogP contribution in [0.2, 0.25) is 0 Å². The van der Waals surface area contributed by atoms with Crippen LogP contribution in [0.25, 0.3) is 0 Å². The van der Waals surface area contributed by atoms with Gasteiger partial charge in [0.15, 0.2) is 11.6 Å². The Bertz CT molecular complexity index is 935. The third-order valence-electron chi connectivity index (χ3n) is 5.99. The molecular weight excluding hydrogens is 400 g/mol. The van der Waals surface area contributed by atoms with Crippen molar-refractivity contribution in [2.45, 2.75) is 37.3 Å². The highest BCUT2D eigenvalue weighted by atomic mass is 19.3. The summed E-state index contributed by atoms with van der Waals surface area (Å²) >= 11 is 0. The van der Waals surface area contributed by atoms with Crippen LogP contribution in [0.4, 0.5) is 17.6 Å². The zero-order valence-electron chi connectivity index (χ0n) is 16.2. The number of alkyl halides is 2. The third kappa shape index (κ3) is 4.01. The molecule has 4 rings (SSSR count). The van der Waals surface area contributed by atoms with Gasteiger partial charge in [-0.25, -0.2) is 17.6 Å². The van der Waals surface area contributed by atoms with Crippen LogP contribution in [-0.2, 0) is 11.3 Å². The molecule has 30 heavy (non-hydrogen) atoms. The molecule has 4 nitrogen and oxygen atoms in total. The quantitative estimate of drug-likeness (QED) is 0.761. The summed E-state index contributed by atoms with van der Waals surface area (Å²) in [4.78, 5) is 15.8. The first kappa shape index (κ1) is 20.7. The molecule has 2 aromatic rings. The second kappa shape index (κ2) is 7.91. The fraction of sp³-hybridized carbons (Fsp3) is 0.409. The fourth-order valence-electron chi connectivity index (χ4n) is 4.43. The highest BCUT2D eigenvalue weighted by Gasteiger charge is 2.49. The summed E-state index contributed by atoms with van der Waals surface area (Å²) in [5, 5.41) is 9.38. The molecule has 0 radical (unpaired) electrons. The summed E-state index contributed by atoms with van der Waals surface area (Å²) < 4.78 is 56.3. The monoisotopic (exact) mass is 422 g/mol. The number of hydrogen-bond acceptors (Lipinski definition) is 3. The number of carbonyl (C=O) groups is 1. The van der Waals surface area contributed by atoms with Crippen LogP contribution < -0.4 is 0 Å². The van der Waals surface area contributed by atoms with Crippen molar-refractivity contribution in [1.82, 2.24) is 9.80 Å². The molecule has 8 heteroatoms. The maximum atomic E-state index is 14.9. The Balaban J connectivity index is 1.42. The minimum Gasteiger partial charge on any atom is -0.508 e. The van der Waals surface area contributed by atoms with Crippen molar-refractivity contribution in [2.75, 3.05) is 19.6 Å². The Morgan fingerprint density at radius 1 is 1.00 bits per heavy atom. The van der Waals surface area contributed by atoms with Crippen molar-refractivity contribution in [1.29, 1.82) is 0 Å². The molecule has 2 aliphatic heterocycles. The van der Waals surface area contributed by atoms with Crippen LogP contribution in [0.15, 0.2) is 42.5 Å². The van der Waals surface area contributed by atoms with E-state index >= 15 is 0 Å². The van der Waals surface area contributed by atoms with E-state index in [9.17, 15) is 27.5 Å². The zero-order valence-corrected chi connectivity index (χ0v) is 16.2. The number of carbonyl (C=O) groups excluding carboxylic acids is 1. The lowest BCUT2D eigenvalue weighted by atomic mass is 9.85. The lowest BCUT2D eigenvalue weighted by molar-refractivity contribution is -0.138. The lowest BCUT2D eigenvalue weighted by Crippen LogP contribution is -2.53. The van der Waals surface area contributed by atoms with E-state index in [1.54, 1.807) is 0 Å². The van der Waals surface area contributed by atoms with Gasteiger partial charge in [0.05, 0.1) is 18.5 Å². The van der Waals surface area contributed by atoms with E-state index in [0.29, 0.717) is 30.6 Å². The molecule has 2 aliphatic rings. The van der Waals surface area contributed by atoms with Gasteiger partial charge in [-0.2, -0.15) is 0 Å². The molecule has 1 N–H and O–H groups in total. The molecule has 2 atom stereocenters. The van der Waals surface area contributed by atoms with Crippen molar-refractivity contribution in [2.24, 2.45) is 0 Å². The molecule has 0 bridgehead atoms. The van der Waals surface area contributed by atoms with E-state index in [2.05, 4.69) is 0 Å². The van der Waals surface area contributed by atoms with Crippen molar-refractivity contribution >= 4 is 5.91 Å². The average Bonchev–Trinajstić information content (AvgIpc) is 3.05. The van der Waals surface area contributed by atoms with Gasteiger partial charge in [0.2, 0.25) is 5.91 Å². The second-order valence-electron chi connectivity index (χ2n) is 7.98. The molecule has 0 aliphatic carbocycles. The molecule has 2 aromatic carbocycles. The Morgan fingerprint density at radius 2 is 1.73 bits per heavy atom. The number of amides is 1. The number of phenolic OH excluding ortho intramolecular Hbond substituents is 1. The van der Waals surface area contributed by atoms with Crippen LogP contribution in [0.5, 0.6) is 5.75 Å². The van der Waals surface area contributed by atoms with E-state index in [1.165, 1.54) is 40.1 Å². The zero-order chi connectivity index (χ0) is 21.5. The minimum absolute atomic E-state index is 0.0252. The molecule has 1 unspecified atom stereocenters. The van der Waals surface area contributed by atoms with Crippen molar-refractivity contribution in [3.8, 4) is 5.75 Å². The van der Waals surface area contributed by atoms with Crippen LogP contribution >= 0.6 is 0 Å². The molecule has 2 fully saturated rings. The number of hydrogen-bond donors (Lipinski definition) is 1. The second-order valence-corrected chi connectivity index (χ2v) is 7.98. The van der Waals surface area contributed by atoms with E-state index in [0.717, 1.165) is 12.1 Å². The number of rotatable bonds is 4. The topological polar surface area (TPSA) is 43.8 Å². The van der Waals surface area contributed by atoms with Crippen molar-refractivity contribution in [3.05, 3.63) is 65.2 Å². The smallest absolute Gasteiger partial charge is 0.267 e. The van der Waals surface area contributed by atoms with Crippen molar-refractivity contribution < 1.29 is 27.5 Å². The maximum absolute atomic E-state index is 14.9. The Kier molecular flexibility index (Phi) is 5.44. The number of halogens is 4. The van der Waals surface area contributed by atoms with E-state index in [-0.39, 0.29) is 24.6 Å². The number of piperidine rings is 1. The number of benzene rings is 2. The molecule has 1 amide bonds. The van der Waals surface area contributed by atoms with Gasteiger partial charge >= 0.3 is 0 Å². The van der Waals surface area contributed by atoms with E-state index in [4.69, 9.17) is 0 Å². The summed E-state index contributed by atoms with van der Waals surface area (Å²) in [5.41, 5.74) is 0.925. The fourth-order valence-corrected chi connectivity index (χ4v) is 4.43. The highest BCUT2D eigenvalue weighted by Crippen LogP contribution is 2.42. The summed E-state index contributed by atoms with van der Waals surface area (Å²) in [6.45, 7) is 0.337. The normalized spacial score (nSPS) is 24.4. The van der Waals surface area contributed by atoms with Gasteiger partial charge < -0.3 is 10.0 Å². The first-order chi connectivity index (χ1) is 14.2. The Labute approximate surface area is 171 Å². The van der Waals surface area contributed by atoms with Crippen molar-refractivity contribution in [3.63, 3.8) is 0 Å². The third-order valence-corrected chi connectivity index (χ3v) is 5.99. The van der Waals surface area contributed by atoms with Crippen LogP contribution in [0.1, 0.15) is 29.9 Å². The summed E-state index contributed by atoms with van der Waals surface area (Å²) in [5.74, 6) is -6.15. The molecule has 0 spiro atoms. The van der Waals surface area contributed by atoms with Gasteiger partial charge in [-0.05, 0) is 54.8 Å². The van der Waals surface area contributed by atoms with Gasteiger partial charge in [0.25, 0.3) is 5.92 Å². The maximum Gasteiger partial charge on any atom is 0.267 e. The number of aromatic hydroxyl groups is 1. The molecule has 0 saturated carbocycles. The largest absolute Gasteiger partial charge is 0.508 e. The summed E-state index contributed by atoms with van der Waals surface area (Å²) in [6, 6.07) is 8.65. The number of phenols is 1. The van der Waals surface area contributed by atoms with E-state index < -0.39 is 36.1 Å². The lowest BCUT2D eigenvalue weighted by Gasteiger charge is -2.40. The predicted molar refractivity (Wildman–Crippen MR) is 102 cm³/mol. The first-order valence-electron chi connectivity index (χ1n) is 9.88. The first-order valence-corrected chi connectivity index (χ1v) is 9.88. The molecular formula is C22H22F4N2O2. The van der Waals surface area contributed by atoms with Crippen LogP contribution in [0.3, 0.4) is 0 Å². The summed E-state index contributed by atoms with van der Waals surface area (Å²) in [6.07, 6.45) is 0.618. The standard InChI is InChI=1S/C22H22F4N2O2/c23-18-6-1-14(11-19(18)24)12-27-10-8-20(21(27)30)28-9-7-17(22(25,26)13-28)15-2-4-16(29)5-3-15/h1-6,11,17,20,29H,7-10,12-13H2/t17?,20-/m1/s1. The van der Waals surface area contributed by atoms with Gasteiger partial charge in [0.1, 0.15) is 5.75 Å². The Hall–Kier alpha value is -2.61. The van der Waals surface area contributed by atoms with Gasteiger partial charge in [-0.1, -0.05) is 18.2 Å². The predicted octanol–water partition coefficient (Wildman–Crippen LogP) is 3.90. The van der Waals surface area contributed by atoms with E-state index in [1.807, 2.05) is 0 Å². The minimum atomic E-state index is -3.01. The molecule has 0 aromatic heterocycles. The highest BCUT2D eigenvalue weighted by molar-refractivity contribution is 5.84. The molecule has 160 valence electrons. The molecule has 2 heterocycles. The number of likely N-dealkylation sites (tertiary alicyclic amines) is 2. The molecule has 2 saturated heterocycles. The van der Waals surface area contributed by atoms with Crippen LogP contribution in [-0.4, -0.2) is 52.4 Å².